The number of unbranched alkanes of at least 4 members (excludes halogenated alkanes) is 2. The molecular formula is C39H56F5NO3S. The molecule has 1 spiro atoms. The molecule has 0 aromatic heterocycles. The van der Waals surface area contributed by atoms with Gasteiger partial charge in [0.05, 0.1) is 6.61 Å². The summed E-state index contributed by atoms with van der Waals surface area (Å²) in [4.78, 5) is 16.8. The number of ether oxygens (including phenoxy) is 2. The Morgan fingerprint density at radius 1 is 0.939 bits per heavy atom. The molecule has 6 atom stereocenters. The summed E-state index contributed by atoms with van der Waals surface area (Å²) >= 11 is 1.44. The van der Waals surface area contributed by atoms with Gasteiger partial charge in [0, 0.05) is 24.3 Å². The summed E-state index contributed by atoms with van der Waals surface area (Å²) in [6.45, 7) is 5.10. The van der Waals surface area contributed by atoms with Gasteiger partial charge in [-0.3, -0.25) is 4.79 Å². The second-order valence-electron chi connectivity index (χ2n) is 16.1. The smallest absolute Gasteiger partial charge is 0.453 e. The fourth-order valence-electron chi connectivity index (χ4n) is 10.2. The average Bonchev–Trinajstić information content (AvgIpc) is 3.80. The molecule has 10 heteroatoms. The van der Waals surface area contributed by atoms with E-state index >= 15 is 0 Å². The summed E-state index contributed by atoms with van der Waals surface area (Å²) in [6, 6.07) is 6.29. The normalized spacial score (nSPS) is 30.7. The second-order valence-corrected chi connectivity index (χ2v) is 17.3. The van der Waals surface area contributed by atoms with Crippen molar-refractivity contribution in [3.8, 4) is 5.75 Å². The van der Waals surface area contributed by atoms with Gasteiger partial charge in [-0.1, -0.05) is 25.8 Å². The molecule has 276 valence electrons. The Labute approximate surface area is 294 Å². The van der Waals surface area contributed by atoms with Gasteiger partial charge < -0.3 is 14.4 Å². The lowest BCUT2D eigenvalue weighted by atomic mass is 9.50. The molecule has 1 aromatic carbocycles. The number of carbonyl (C=O) groups excluding carboxylic acids is 1. The van der Waals surface area contributed by atoms with E-state index in [9.17, 15) is 26.7 Å². The zero-order chi connectivity index (χ0) is 34.9. The number of benzene rings is 1. The number of nitrogens with zero attached hydrogens (tertiary/aromatic N) is 1. The van der Waals surface area contributed by atoms with Gasteiger partial charge in [-0.2, -0.15) is 33.7 Å². The van der Waals surface area contributed by atoms with Crippen LogP contribution in [0.15, 0.2) is 18.2 Å². The van der Waals surface area contributed by atoms with E-state index in [1.54, 1.807) is 0 Å². The van der Waals surface area contributed by atoms with Gasteiger partial charge in [0.2, 0.25) is 0 Å². The Morgan fingerprint density at radius 3 is 2.45 bits per heavy atom. The third-order valence-electron chi connectivity index (χ3n) is 13.2. The summed E-state index contributed by atoms with van der Waals surface area (Å²) < 4.78 is 75.1. The van der Waals surface area contributed by atoms with E-state index in [1.165, 1.54) is 55.9 Å². The second kappa shape index (κ2) is 15.3. The molecule has 4 fully saturated rings. The molecular weight excluding hydrogens is 657 g/mol. The number of hydrogen-bond donors (Lipinski definition) is 0. The van der Waals surface area contributed by atoms with E-state index < -0.39 is 18.5 Å². The van der Waals surface area contributed by atoms with Crippen molar-refractivity contribution in [3.63, 3.8) is 0 Å². The van der Waals surface area contributed by atoms with E-state index in [2.05, 4.69) is 31.0 Å². The molecule has 0 radical (unpaired) electrons. The number of fused-ring (bicyclic) bond motifs is 6. The van der Waals surface area contributed by atoms with Gasteiger partial charge >= 0.3 is 12.1 Å². The number of alkyl halides is 5. The summed E-state index contributed by atoms with van der Waals surface area (Å²) in [5.41, 5.74) is 3.02. The SMILES string of the molecule is CN(CCCCCC1C(=O)c2cc(OC3CCCCO3)ccc2C2CC[C@@]3(C)C(CCC34CC4)C12)CCCSCCCC(F)(F)C(F)(F)F. The maximum absolute atomic E-state index is 14.5. The quantitative estimate of drug-likeness (QED) is 0.126. The van der Waals surface area contributed by atoms with Crippen LogP contribution in [0.4, 0.5) is 22.0 Å². The molecule has 3 saturated carbocycles. The Kier molecular flexibility index (Phi) is 11.7. The molecule has 6 rings (SSSR count). The minimum absolute atomic E-state index is 0.0584. The minimum Gasteiger partial charge on any atom is -0.465 e. The van der Waals surface area contributed by atoms with Crippen LogP contribution in [-0.2, 0) is 4.74 Å². The molecule has 5 unspecified atom stereocenters. The maximum Gasteiger partial charge on any atom is 0.453 e. The number of carbonyl (C=O) groups is 1. The van der Waals surface area contributed by atoms with Crippen LogP contribution in [0.2, 0.25) is 0 Å². The summed E-state index contributed by atoms with van der Waals surface area (Å²) in [6.07, 6.45) is 8.77. The summed E-state index contributed by atoms with van der Waals surface area (Å²) in [5, 5.41) is 0. The number of rotatable bonds is 16. The zero-order valence-corrected chi connectivity index (χ0v) is 30.3. The maximum atomic E-state index is 14.5. The van der Waals surface area contributed by atoms with Crippen molar-refractivity contribution < 1.29 is 36.2 Å². The Balaban J connectivity index is 0.995. The first-order chi connectivity index (χ1) is 23.4. The van der Waals surface area contributed by atoms with Gasteiger partial charge in [0.25, 0.3) is 0 Å². The largest absolute Gasteiger partial charge is 0.465 e. The first-order valence-electron chi connectivity index (χ1n) is 19.0. The molecule has 0 amide bonds. The molecule has 1 heterocycles. The third-order valence-corrected chi connectivity index (χ3v) is 14.4. The number of halogens is 5. The zero-order valence-electron chi connectivity index (χ0n) is 29.4. The number of thioether (sulfide) groups is 1. The molecule has 4 aliphatic carbocycles. The monoisotopic (exact) mass is 713 g/mol. The van der Waals surface area contributed by atoms with Gasteiger partial charge in [0.15, 0.2) is 12.1 Å². The van der Waals surface area contributed by atoms with E-state index in [-0.39, 0.29) is 18.6 Å². The average molecular weight is 714 g/mol. The predicted molar refractivity (Wildman–Crippen MR) is 185 cm³/mol. The third kappa shape index (κ3) is 8.01. The molecule has 0 bridgehead atoms. The lowest BCUT2D eigenvalue weighted by molar-refractivity contribution is -0.284. The number of Topliss-reactive ketones (excluding diaryl/α,β-unsaturated/α-hetero) is 1. The first kappa shape index (κ1) is 37.4. The van der Waals surface area contributed by atoms with Crippen molar-refractivity contribution in [2.45, 2.75) is 134 Å². The molecule has 1 aromatic rings. The minimum atomic E-state index is -5.46. The Hall–Kier alpha value is -1.39. The Morgan fingerprint density at radius 2 is 1.71 bits per heavy atom. The molecule has 0 N–H and O–H groups in total. The molecule has 5 aliphatic rings. The molecule has 1 aliphatic heterocycles. The van der Waals surface area contributed by atoms with Gasteiger partial charge in [-0.25, -0.2) is 0 Å². The van der Waals surface area contributed by atoms with Gasteiger partial charge in [-0.05, 0) is 155 Å². The van der Waals surface area contributed by atoms with Crippen molar-refractivity contribution in [1.29, 1.82) is 0 Å². The van der Waals surface area contributed by atoms with Crippen LogP contribution >= 0.6 is 11.8 Å². The van der Waals surface area contributed by atoms with Crippen molar-refractivity contribution in [1.82, 2.24) is 4.90 Å². The van der Waals surface area contributed by atoms with Crippen molar-refractivity contribution in [2.75, 3.05) is 38.2 Å². The predicted octanol–water partition coefficient (Wildman–Crippen LogP) is 10.7. The van der Waals surface area contributed by atoms with Crippen LogP contribution < -0.4 is 4.74 Å². The fourth-order valence-corrected chi connectivity index (χ4v) is 11.1. The molecule has 1 saturated heterocycles. The van der Waals surface area contributed by atoms with Crippen LogP contribution in [0.1, 0.15) is 131 Å². The highest BCUT2D eigenvalue weighted by Crippen LogP contribution is 2.76. The van der Waals surface area contributed by atoms with Gasteiger partial charge in [0.1, 0.15) is 5.75 Å². The molecule has 49 heavy (non-hydrogen) atoms. The van der Waals surface area contributed by atoms with Crippen LogP contribution in [0.3, 0.4) is 0 Å². The van der Waals surface area contributed by atoms with E-state index in [4.69, 9.17) is 9.47 Å². The fraction of sp³-hybridized carbons (Fsp3) is 0.821. The van der Waals surface area contributed by atoms with Crippen LogP contribution in [0.5, 0.6) is 5.75 Å². The first-order valence-corrected chi connectivity index (χ1v) is 20.2. The van der Waals surface area contributed by atoms with E-state index in [0.717, 1.165) is 88.1 Å². The lowest BCUT2D eigenvalue weighted by Gasteiger charge is -2.53. The summed E-state index contributed by atoms with van der Waals surface area (Å²) in [5.74, 6) is -0.927. The standard InChI is InChI=1S/C39H56F5NO3S/c1-36-17-14-29-28-13-12-27(48-33-11-5-7-23-47-33)26-31(28)35(46)30(34(29)32(36)15-18-37(36)19-20-37)10-4-3-6-21-45(2)22-9-25-49-24-8-16-38(40,41)39(42,43)44/h12-13,26,29-30,32-34H,3-11,14-25H2,1-2H3/t29?,30?,32?,33?,34?,36-/m0/s1. The van der Waals surface area contributed by atoms with Gasteiger partial charge in [-0.15, -0.1) is 0 Å². The highest BCUT2D eigenvalue weighted by molar-refractivity contribution is 7.99. The highest BCUT2D eigenvalue weighted by atomic mass is 32.2. The number of hydrogen-bond acceptors (Lipinski definition) is 5. The van der Waals surface area contributed by atoms with Crippen LogP contribution in [-0.4, -0.2) is 67.3 Å². The summed E-state index contributed by atoms with van der Waals surface area (Å²) in [7, 11) is 2.08. The van der Waals surface area contributed by atoms with E-state index in [1.807, 2.05) is 6.07 Å². The van der Waals surface area contributed by atoms with Crippen LogP contribution in [0, 0.1) is 28.6 Å². The van der Waals surface area contributed by atoms with Crippen molar-refractivity contribution in [2.24, 2.45) is 28.6 Å². The highest BCUT2D eigenvalue weighted by Gasteiger charge is 2.67. The topological polar surface area (TPSA) is 38.8 Å². The Bertz CT molecular complexity index is 1280. The van der Waals surface area contributed by atoms with Crippen molar-refractivity contribution >= 4 is 17.5 Å². The molecule has 4 nitrogen and oxygen atoms in total. The van der Waals surface area contributed by atoms with Crippen molar-refractivity contribution in [3.05, 3.63) is 29.3 Å². The number of ketones is 1. The van der Waals surface area contributed by atoms with Crippen LogP contribution in [0.25, 0.3) is 0 Å². The van der Waals surface area contributed by atoms with E-state index in [0.29, 0.717) is 40.1 Å². The lowest BCUT2D eigenvalue weighted by Crippen LogP contribution is -2.48.